The highest BCUT2D eigenvalue weighted by Gasteiger charge is 2.36. The normalized spacial score (nSPS) is 30.3. The van der Waals surface area contributed by atoms with E-state index in [1.54, 1.807) is 0 Å². The molecule has 0 saturated heterocycles. The van der Waals surface area contributed by atoms with E-state index in [1.165, 1.54) is 19.3 Å². The SMILES string of the molecule is CC[CH]C1CCCCC1(Cl)Cl. The van der Waals surface area contributed by atoms with Crippen molar-refractivity contribution in [1.82, 2.24) is 0 Å². The zero-order chi connectivity index (χ0) is 8.32. The van der Waals surface area contributed by atoms with Gasteiger partial charge in [0.05, 0.1) is 0 Å². The van der Waals surface area contributed by atoms with E-state index in [0.29, 0.717) is 5.92 Å². The molecule has 0 spiro atoms. The molecule has 65 valence electrons. The van der Waals surface area contributed by atoms with Crippen molar-refractivity contribution >= 4 is 23.2 Å². The molecular formula is C9H15Cl2. The molecule has 0 aromatic rings. The molecule has 11 heavy (non-hydrogen) atoms. The van der Waals surface area contributed by atoms with E-state index >= 15 is 0 Å². The van der Waals surface area contributed by atoms with Crippen LogP contribution in [0.5, 0.6) is 0 Å². The minimum Gasteiger partial charge on any atom is -0.101 e. The Bertz CT molecular complexity index is 119. The third-order valence-electron chi connectivity index (χ3n) is 2.34. The molecule has 1 radical (unpaired) electrons. The van der Waals surface area contributed by atoms with Crippen LogP contribution >= 0.6 is 23.2 Å². The van der Waals surface area contributed by atoms with Crippen molar-refractivity contribution in [3.8, 4) is 0 Å². The number of halogens is 2. The lowest BCUT2D eigenvalue weighted by atomic mass is 9.85. The zero-order valence-electron chi connectivity index (χ0n) is 6.95. The van der Waals surface area contributed by atoms with Gasteiger partial charge in [0.15, 0.2) is 0 Å². The highest BCUT2D eigenvalue weighted by molar-refractivity contribution is 6.48. The number of hydrogen-bond donors (Lipinski definition) is 0. The Labute approximate surface area is 79.3 Å². The highest BCUT2D eigenvalue weighted by Crippen LogP contribution is 2.44. The van der Waals surface area contributed by atoms with Crippen LogP contribution in [0.2, 0.25) is 0 Å². The lowest BCUT2D eigenvalue weighted by molar-refractivity contribution is 0.369. The minimum absolute atomic E-state index is 0.421. The second kappa shape index (κ2) is 4.00. The van der Waals surface area contributed by atoms with Crippen molar-refractivity contribution in [3.63, 3.8) is 0 Å². The maximum absolute atomic E-state index is 6.15. The van der Waals surface area contributed by atoms with Crippen LogP contribution in [0.1, 0.15) is 39.0 Å². The summed E-state index contributed by atoms with van der Waals surface area (Å²) in [5, 5.41) is 0. The Morgan fingerprint density at radius 3 is 2.73 bits per heavy atom. The van der Waals surface area contributed by atoms with Crippen LogP contribution in [0.15, 0.2) is 0 Å². The first-order chi connectivity index (χ1) is 5.17. The summed E-state index contributed by atoms with van der Waals surface area (Å²) in [4.78, 5) is 0. The quantitative estimate of drug-likeness (QED) is 0.583. The van der Waals surface area contributed by atoms with E-state index in [1.807, 2.05) is 0 Å². The molecule has 1 saturated carbocycles. The number of alkyl halides is 2. The maximum atomic E-state index is 6.15. The summed E-state index contributed by atoms with van der Waals surface area (Å²) in [5.41, 5.74) is 0. The van der Waals surface area contributed by atoms with E-state index in [-0.39, 0.29) is 0 Å². The minimum atomic E-state index is -0.464. The molecule has 0 aliphatic heterocycles. The van der Waals surface area contributed by atoms with E-state index in [4.69, 9.17) is 23.2 Å². The fourth-order valence-electron chi connectivity index (χ4n) is 1.70. The van der Waals surface area contributed by atoms with Gasteiger partial charge in [0.2, 0.25) is 0 Å². The van der Waals surface area contributed by atoms with E-state index in [9.17, 15) is 0 Å². The van der Waals surface area contributed by atoms with Gasteiger partial charge in [-0.15, -0.1) is 23.2 Å². The van der Waals surface area contributed by atoms with Crippen molar-refractivity contribution in [2.24, 2.45) is 5.92 Å². The second-order valence-corrected chi connectivity index (χ2v) is 4.80. The molecule has 0 aromatic heterocycles. The fraction of sp³-hybridized carbons (Fsp3) is 0.889. The van der Waals surface area contributed by atoms with Crippen molar-refractivity contribution < 1.29 is 0 Å². The summed E-state index contributed by atoms with van der Waals surface area (Å²) >= 11 is 12.3. The largest absolute Gasteiger partial charge is 0.121 e. The summed E-state index contributed by atoms with van der Waals surface area (Å²) in [7, 11) is 0. The summed E-state index contributed by atoms with van der Waals surface area (Å²) in [6.45, 7) is 2.14. The Balaban J connectivity index is 2.45. The Morgan fingerprint density at radius 1 is 1.45 bits per heavy atom. The second-order valence-electron chi connectivity index (χ2n) is 3.26. The monoisotopic (exact) mass is 193 g/mol. The van der Waals surface area contributed by atoms with Gasteiger partial charge < -0.3 is 0 Å². The average Bonchev–Trinajstić information content (AvgIpc) is 1.94. The standard InChI is InChI=1S/C9H15Cl2/c1-2-5-8-6-3-4-7-9(8,10)11/h5,8H,2-4,6-7H2,1H3. The topological polar surface area (TPSA) is 0 Å². The van der Waals surface area contributed by atoms with E-state index in [2.05, 4.69) is 13.3 Å². The predicted octanol–water partition coefficient (Wildman–Crippen LogP) is 3.96. The summed E-state index contributed by atoms with van der Waals surface area (Å²) in [6.07, 6.45) is 7.91. The van der Waals surface area contributed by atoms with Crippen LogP contribution in [-0.4, -0.2) is 4.33 Å². The Kier molecular flexibility index (Phi) is 3.52. The molecule has 0 bridgehead atoms. The molecule has 1 aliphatic rings. The Morgan fingerprint density at radius 2 is 2.18 bits per heavy atom. The maximum Gasteiger partial charge on any atom is 0.121 e. The number of rotatable bonds is 2. The van der Waals surface area contributed by atoms with Gasteiger partial charge in [-0.25, -0.2) is 0 Å². The molecule has 1 fully saturated rings. The Hall–Kier alpha value is 0.580. The van der Waals surface area contributed by atoms with E-state index < -0.39 is 4.33 Å². The predicted molar refractivity (Wildman–Crippen MR) is 51.0 cm³/mol. The van der Waals surface area contributed by atoms with Crippen LogP contribution in [0, 0.1) is 12.3 Å². The molecule has 0 N–H and O–H groups in total. The molecule has 1 rings (SSSR count). The van der Waals surface area contributed by atoms with Crippen LogP contribution in [-0.2, 0) is 0 Å². The van der Waals surface area contributed by atoms with Crippen molar-refractivity contribution in [2.75, 3.05) is 0 Å². The number of hydrogen-bond acceptors (Lipinski definition) is 0. The molecule has 1 unspecified atom stereocenters. The molecule has 1 atom stereocenters. The van der Waals surface area contributed by atoms with Crippen LogP contribution in [0.4, 0.5) is 0 Å². The summed E-state index contributed by atoms with van der Waals surface area (Å²) in [5.74, 6) is 0.421. The van der Waals surface area contributed by atoms with Gasteiger partial charge >= 0.3 is 0 Å². The van der Waals surface area contributed by atoms with Gasteiger partial charge in [-0.1, -0.05) is 26.2 Å². The first-order valence-electron chi connectivity index (χ1n) is 4.38. The van der Waals surface area contributed by atoms with Gasteiger partial charge in [-0.05, 0) is 25.2 Å². The van der Waals surface area contributed by atoms with Crippen LogP contribution in [0.3, 0.4) is 0 Å². The van der Waals surface area contributed by atoms with Gasteiger partial charge in [-0.3, -0.25) is 0 Å². The lowest BCUT2D eigenvalue weighted by Gasteiger charge is -2.33. The summed E-state index contributed by atoms with van der Waals surface area (Å²) < 4.78 is -0.464. The molecule has 0 amide bonds. The van der Waals surface area contributed by atoms with Crippen LogP contribution < -0.4 is 0 Å². The van der Waals surface area contributed by atoms with Crippen molar-refractivity contribution in [1.29, 1.82) is 0 Å². The first kappa shape index (κ1) is 9.67. The van der Waals surface area contributed by atoms with Gasteiger partial charge in [0.1, 0.15) is 4.33 Å². The van der Waals surface area contributed by atoms with Crippen molar-refractivity contribution in [2.45, 2.75) is 43.4 Å². The first-order valence-corrected chi connectivity index (χ1v) is 5.13. The highest BCUT2D eigenvalue weighted by atomic mass is 35.5. The molecule has 0 heterocycles. The van der Waals surface area contributed by atoms with Gasteiger partial charge in [-0.2, -0.15) is 0 Å². The zero-order valence-corrected chi connectivity index (χ0v) is 8.46. The molecule has 0 nitrogen and oxygen atoms in total. The van der Waals surface area contributed by atoms with Crippen LogP contribution in [0.25, 0.3) is 0 Å². The molecule has 1 aliphatic carbocycles. The molecule has 2 heteroatoms. The van der Waals surface area contributed by atoms with Crippen molar-refractivity contribution in [3.05, 3.63) is 6.42 Å². The third kappa shape index (κ3) is 2.52. The van der Waals surface area contributed by atoms with E-state index in [0.717, 1.165) is 12.8 Å². The smallest absolute Gasteiger partial charge is 0.101 e. The average molecular weight is 194 g/mol. The third-order valence-corrected chi connectivity index (χ3v) is 3.28. The lowest BCUT2D eigenvalue weighted by Crippen LogP contribution is -2.29. The molecule has 0 aromatic carbocycles. The van der Waals surface area contributed by atoms with Gasteiger partial charge in [0.25, 0.3) is 0 Å². The van der Waals surface area contributed by atoms with Gasteiger partial charge in [0, 0.05) is 0 Å². The fourth-order valence-corrected chi connectivity index (χ4v) is 2.36. The summed E-state index contributed by atoms with van der Waals surface area (Å²) in [6, 6.07) is 0. The molecular weight excluding hydrogens is 179 g/mol.